The molecule has 4 rings (SSSR count). The molecule has 1 fully saturated rings. The highest BCUT2D eigenvalue weighted by Gasteiger charge is 2.24. The third-order valence-corrected chi connectivity index (χ3v) is 4.65. The molecule has 1 aromatic carbocycles. The largest absolute Gasteiger partial charge is 0.351 e. The molecule has 7 heteroatoms. The van der Waals surface area contributed by atoms with E-state index in [4.69, 9.17) is 0 Å². The maximum Gasteiger partial charge on any atom is 0.225 e. The first-order valence-corrected chi connectivity index (χ1v) is 8.32. The van der Waals surface area contributed by atoms with Crippen LogP contribution < -0.4 is 10.6 Å². The lowest BCUT2D eigenvalue weighted by molar-refractivity contribution is 0.575. The lowest BCUT2D eigenvalue weighted by atomic mass is 10.2. The number of anilines is 1. The van der Waals surface area contributed by atoms with E-state index in [1.54, 1.807) is 10.9 Å². The van der Waals surface area contributed by atoms with E-state index >= 15 is 0 Å². The zero-order valence-corrected chi connectivity index (χ0v) is 13.9. The smallest absolute Gasteiger partial charge is 0.225 e. The Morgan fingerprint density at radius 2 is 1.92 bits per heavy atom. The third-order valence-electron chi connectivity index (χ3n) is 4.65. The molecule has 2 heterocycles. The number of nitrogens with one attached hydrogen (secondary N) is 2. The van der Waals surface area contributed by atoms with Crippen molar-refractivity contribution in [3.8, 4) is 5.69 Å². The van der Waals surface area contributed by atoms with Gasteiger partial charge in [0.05, 0.1) is 11.9 Å². The van der Waals surface area contributed by atoms with E-state index in [0.717, 1.165) is 24.2 Å². The van der Waals surface area contributed by atoms with Crippen LogP contribution in [0.4, 0.5) is 5.95 Å². The van der Waals surface area contributed by atoms with E-state index < -0.39 is 0 Å². The normalized spacial score (nSPS) is 20.6. The highest BCUT2D eigenvalue weighted by molar-refractivity contribution is 5.71. The zero-order valence-electron chi connectivity index (χ0n) is 13.9. The fraction of sp³-hybridized carbons (Fsp3) is 0.412. The molecule has 0 spiro atoms. The first-order valence-electron chi connectivity index (χ1n) is 8.32. The number of fused-ring (bicyclic) bond motifs is 1. The molecule has 0 amide bonds. The molecule has 2 N–H and O–H groups in total. The summed E-state index contributed by atoms with van der Waals surface area (Å²) in [5, 5.41) is 15.2. The van der Waals surface area contributed by atoms with Gasteiger partial charge in [-0.3, -0.25) is 0 Å². The monoisotopic (exact) mass is 323 g/mol. The predicted octanol–water partition coefficient (Wildman–Crippen LogP) is 2.07. The summed E-state index contributed by atoms with van der Waals surface area (Å²) < 4.78 is 1.76. The molecule has 7 nitrogen and oxygen atoms in total. The SMILES string of the molecule is CN[C@@H]1CC[C@H](Nc2ncc3nnn(-c4ccc(C)cc4)c3n2)C1. The molecule has 2 atom stereocenters. The van der Waals surface area contributed by atoms with Gasteiger partial charge >= 0.3 is 0 Å². The Bertz CT molecular complexity index is 840. The van der Waals surface area contributed by atoms with Crippen LogP contribution in [0, 0.1) is 6.92 Å². The molecule has 1 aliphatic carbocycles. The van der Waals surface area contributed by atoms with Crippen LogP contribution in [0.5, 0.6) is 0 Å². The maximum absolute atomic E-state index is 4.64. The molecule has 0 aliphatic heterocycles. The minimum Gasteiger partial charge on any atom is -0.351 e. The van der Waals surface area contributed by atoms with Crippen molar-refractivity contribution < 1.29 is 0 Å². The summed E-state index contributed by atoms with van der Waals surface area (Å²) in [7, 11) is 2.02. The van der Waals surface area contributed by atoms with Gasteiger partial charge in [0.15, 0.2) is 11.2 Å². The van der Waals surface area contributed by atoms with Crippen molar-refractivity contribution in [2.75, 3.05) is 12.4 Å². The number of aryl methyl sites for hydroxylation is 1. The standard InChI is InChI=1S/C17H21N7/c1-11-3-7-14(8-4-11)24-16-15(22-23-24)10-19-17(21-16)20-13-6-5-12(9-13)18-2/h3-4,7-8,10,12-13,18H,5-6,9H2,1-2H3,(H,19,20,21)/t12-,13+/m1/s1. The minimum atomic E-state index is 0.406. The van der Waals surface area contributed by atoms with Gasteiger partial charge in [-0.1, -0.05) is 22.9 Å². The Morgan fingerprint density at radius 3 is 2.67 bits per heavy atom. The zero-order chi connectivity index (χ0) is 16.5. The van der Waals surface area contributed by atoms with Crippen molar-refractivity contribution >= 4 is 17.1 Å². The summed E-state index contributed by atoms with van der Waals surface area (Å²) >= 11 is 0. The Kier molecular flexibility index (Phi) is 3.86. The van der Waals surface area contributed by atoms with E-state index in [0.29, 0.717) is 23.5 Å². The fourth-order valence-corrected chi connectivity index (χ4v) is 3.21. The van der Waals surface area contributed by atoms with Gasteiger partial charge in [-0.05, 0) is 45.4 Å². The summed E-state index contributed by atoms with van der Waals surface area (Å²) in [6.07, 6.45) is 5.13. The van der Waals surface area contributed by atoms with Crippen molar-refractivity contribution in [1.29, 1.82) is 0 Å². The first kappa shape index (κ1) is 15.0. The maximum atomic E-state index is 4.64. The van der Waals surface area contributed by atoms with Gasteiger partial charge in [0.25, 0.3) is 0 Å². The predicted molar refractivity (Wildman–Crippen MR) is 93.3 cm³/mol. The van der Waals surface area contributed by atoms with Gasteiger partial charge in [-0.15, -0.1) is 5.10 Å². The average molecular weight is 323 g/mol. The molecule has 124 valence electrons. The second-order valence-electron chi connectivity index (χ2n) is 6.38. The minimum absolute atomic E-state index is 0.406. The van der Waals surface area contributed by atoms with E-state index in [9.17, 15) is 0 Å². The molecule has 24 heavy (non-hydrogen) atoms. The first-order chi connectivity index (χ1) is 11.7. The summed E-state index contributed by atoms with van der Waals surface area (Å²) in [4.78, 5) is 9.03. The average Bonchev–Trinajstić information content (AvgIpc) is 3.22. The highest BCUT2D eigenvalue weighted by atomic mass is 15.4. The van der Waals surface area contributed by atoms with E-state index in [-0.39, 0.29) is 0 Å². The Labute approximate surface area is 140 Å². The molecular weight excluding hydrogens is 302 g/mol. The highest BCUT2D eigenvalue weighted by Crippen LogP contribution is 2.22. The molecule has 0 saturated heterocycles. The third kappa shape index (κ3) is 2.82. The molecule has 2 aromatic heterocycles. The lowest BCUT2D eigenvalue weighted by Gasteiger charge is -2.13. The van der Waals surface area contributed by atoms with Crippen molar-refractivity contribution in [2.45, 2.75) is 38.3 Å². The van der Waals surface area contributed by atoms with Crippen LogP contribution in [0.2, 0.25) is 0 Å². The van der Waals surface area contributed by atoms with E-state index in [1.165, 1.54) is 12.0 Å². The number of rotatable bonds is 4. The Hall–Kier alpha value is -2.54. The van der Waals surface area contributed by atoms with Crippen LogP contribution in [-0.4, -0.2) is 44.1 Å². The summed E-state index contributed by atoms with van der Waals surface area (Å²) in [6.45, 7) is 2.06. The van der Waals surface area contributed by atoms with Crippen LogP contribution in [0.25, 0.3) is 16.9 Å². The number of hydrogen-bond donors (Lipinski definition) is 2. The number of hydrogen-bond acceptors (Lipinski definition) is 6. The topological polar surface area (TPSA) is 80.5 Å². The Morgan fingerprint density at radius 1 is 1.12 bits per heavy atom. The molecule has 3 aromatic rings. The van der Waals surface area contributed by atoms with Gasteiger partial charge in [-0.25, -0.2) is 4.98 Å². The van der Waals surface area contributed by atoms with Crippen LogP contribution in [0.3, 0.4) is 0 Å². The molecular formula is C17H21N7. The number of benzene rings is 1. The summed E-state index contributed by atoms with van der Waals surface area (Å²) in [6, 6.07) is 9.13. The number of nitrogens with zero attached hydrogens (tertiary/aromatic N) is 5. The Balaban J connectivity index is 1.62. The van der Waals surface area contributed by atoms with Crippen LogP contribution in [0.15, 0.2) is 30.5 Å². The lowest BCUT2D eigenvalue weighted by Crippen LogP contribution is -2.24. The summed E-state index contributed by atoms with van der Waals surface area (Å²) in [5.74, 6) is 0.639. The number of aromatic nitrogens is 5. The van der Waals surface area contributed by atoms with Gasteiger partial charge in [0.1, 0.15) is 0 Å². The van der Waals surface area contributed by atoms with Crippen LogP contribution >= 0.6 is 0 Å². The fourth-order valence-electron chi connectivity index (χ4n) is 3.21. The van der Waals surface area contributed by atoms with Crippen molar-refractivity contribution in [3.05, 3.63) is 36.0 Å². The molecule has 0 bridgehead atoms. The van der Waals surface area contributed by atoms with Gasteiger partial charge < -0.3 is 10.6 Å². The second-order valence-corrected chi connectivity index (χ2v) is 6.38. The molecule has 1 aliphatic rings. The second kappa shape index (κ2) is 6.16. The van der Waals surface area contributed by atoms with Gasteiger partial charge in [0, 0.05) is 12.1 Å². The molecule has 1 saturated carbocycles. The summed E-state index contributed by atoms with van der Waals surface area (Å²) in [5.41, 5.74) is 3.57. The van der Waals surface area contributed by atoms with Crippen molar-refractivity contribution in [1.82, 2.24) is 30.3 Å². The van der Waals surface area contributed by atoms with Crippen molar-refractivity contribution in [2.24, 2.45) is 0 Å². The van der Waals surface area contributed by atoms with Crippen LogP contribution in [0.1, 0.15) is 24.8 Å². The van der Waals surface area contributed by atoms with Gasteiger partial charge in [-0.2, -0.15) is 9.67 Å². The van der Waals surface area contributed by atoms with Crippen LogP contribution in [-0.2, 0) is 0 Å². The van der Waals surface area contributed by atoms with Crippen molar-refractivity contribution in [3.63, 3.8) is 0 Å². The van der Waals surface area contributed by atoms with Gasteiger partial charge in [0.2, 0.25) is 5.95 Å². The van der Waals surface area contributed by atoms with E-state index in [2.05, 4.69) is 50.0 Å². The molecule has 0 radical (unpaired) electrons. The molecule has 0 unspecified atom stereocenters. The van der Waals surface area contributed by atoms with E-state index in [1.807, 2.05) is 19.2 Å². The quantitative estimate of drug-likeness (QED) is 0.765.